The highest BCUT2D eigenvalue weighted by Crippen LogP contribution is 2.30. The third kappa shape index (κ3) is 3.84. The second-order valence-electron chi connectivity index (χ2n) is 5.54. The van der Waals surface area contributed by atoms with Gasteiger partial charge in [-0.15, -0.1) is 0 Å². The van der Waals surface area contributed by atoms with E-state index in [1.54, 1.807) is 48.5 Å². The van der Waals surface area contributed by atoms with Gasteiger partial charge in [0.1, 0.15) is 11.5 Å². The number of hydrazone groups is 1. The molecule has 1 N–H and O–H groups in total. The average Bonchev–Trinajstić information content (AvgIpc) is 3.10. The number of nitrogens with one attached hydrogen (secondary N) is 1. The molecule has 1 heterocycles. The minimum absolute atomic E-state index is 0.0434. The summed E-state index contributed by atoms with van der Waals surface area (Å²) in [5.41, 5.74) is 4.22. The zero-order chi connectivity index (χ0) is 18.5. The number of carbonyl (C=O) groups is 1. The summed E-state index contributed by atoms with van der Waals surface area (Å²) in [6, 6.07) is 16.7. The first-order valence-corrected chi connectivity index (χ1v) is 7.78. The van der Waals surface area contributed by atoms with Gasteiger partial charge in [-0.25, -0.2) is 5.43 Å². The SMILES string of the molecule is Cc1cccc(C(=O)N/N=C/c2ccc(-c3ccccc3[N+](=O)[O-])o2)c1. The Kier molecular flexibility index (Phi) is 4.89. The molecule has 1 aromatic heterocycles. The molecule has 26 heavy (non-hydrogen) atoms. The fourth-order valence-electron chi connectivity index (χ4n) is 2.41. The molecular weight excluding hydrogens is 334 g/mol. The first kappa shape index (κ1) is 17.1. The van der Waals surface area contributed by atoms with Crippen LogP contribution >= 0.6 is 0 Å². The van der Waals surface area contributed by atoms with E-state index < -0.39 is 4.92 Å². The highest BCUT2D eigenvalue weighted by molar-refractivity contribution is 5.94. The van der Waals surface area contributed by atoms with Crippen molar-refractivity contribution in [1.82, 2.24) is 5.43 Å². The zero-order valence-corrected chi connectivity index (χ0v) is 13.9. The van der Waals surface area contributed by atoms with Crippen LogP contribution in [-0.4, -0.2) is 17.0 Å². The Labute approximate surface area is 149 Å². The van der Waals surface area contributed by atoms with Crippen LogP contribution in [0.2, 0.25) is 0 Å². The minimum Gasteiger partial charge on any atom is -0.455 e. The van der Waals surface area contributed by atoms with Crippen LogP contribution in [0.5, 0.6) is 0 Å². The number of para-hydroxylation sites is 1. The molecule has 3 aromatic rings. The van der Waals surface area contributed by atoms with E-state index in [1.807, 2.05) is 13.0 Å². The molecule has 0 unspecified atom stereocenters. The lowest BCUT2D eigenvalue weighted by atomic mass is 10.1. The van der Waals surface area contributed by atoms with Crippen molar-refractivity contribution in [2.75, 3.05) is 0 Å². The van der Waals surface area contributed by atoms with E-state index in [0.717, 1.165) is 5.56 Å². The maximum absolute atomic E-state index is 12.0. The third-order valence-corrected chi connectivity index (χ3v) is 3.63. The summed E-state index contributed by atoms with van der Waals surface area (Å²) in [4.78, 5) is 22.6. The summed E-state index contributed by atoms with van der Waals surface area (Å²) in [7, 11) is 0. The van der Waals surface area contributed by atoms with Crippen molar-refractivity contribution in [2.24, 2.45) is 5.10 Å². The number of nitro groups is 1. The first-order chi connectivity index (χ1) is 12.5. The van der Waals surface area contributed by atoms with Gasteiger partial charge in [-0.2, -0.15) is 5.10 Å². The predicted octanol–water partition coefficient (Wildman–Crippen LogP) is 3.93. The van der Waals surface area contributed by atoms with Gasteiger partial charge in [0.25, 0.3) is 11.6 Å². The number of amides is 1. The summed E-state index contributed by atoms with van der Waals surface area (Å²) in [5.74, 6) is 0.377. The zero-order valence-electron chi connectivity index (χ0n) is 13.9. The van der Waals surface area contributed by atoms with Gasteiger partial charge in [0.05, 0.1) is 16.7 Å². The normalized spacial score (nSPS) is 10.8. The monoisotopic (exact) mass is 349 g/mol. The molecule has 0 fully saturated rings. The molecule has 0 saturated heterocycles. The first-order valence-electron chi connectivity index (χ1n) is 7.78. The Balaban J connectivity index is 1.72. The maximum atomic E-state index is 12.0. The van der Waals surface area contributed by atoms with Gasteiger partial charge in [-0.3, -0.25) is 14.9 Å². The number of furan rings is 1. The van der Waals surface area contributed by atoms with Crippen molar-refractivity contribution in [3.63, 3.8) is 0 Å². The summed E-state index contributed by atoms with van der Waals surface area (Å²) in [6.07, 6.45) is 1.34. The van der Waals surface area contributed by atoms with Gasteiger partial charge in [-0.1, -0.05) is 29.8 Å². The van der Waals surface area contributed by atoms with E-state index in [0.29, 0.717) is 22.6 Å². The van der Waals surface area contributed by atoms with Crippen LogP contribution in [0.4, 0.5) is 5.69 Å². The molecule has 0 saturated carbocycles. The smallest absolute Gasteiger partial charge is 0.280 e. The van der Waals surface area contributed by atoms with E-state index in [1.165, 1.54) is 12.3 Å². The molecule has 0 radical (unpaired) electrons. The quantitative estimate of drug-likeness (QED) is 0.429. The van der Waals surface area contributed by atoms with Crippen LogP contribution in [0.1, 0.15) is 21.7 Å². The molecule has 1 amide bonds. The molecule has 0 bridgehead atoms. The number of hydrogen-bond acceptors (Lipinski definition) is 5. The fraction of sp³-hybridized carbons (Fsp3) is 0.0526. The number of nitro benzene ring substituents is 1. The van der Waals surface area contributed by atoms with Gasteiger partial charge in [-0.05, 0) is 37.3 Å². The Bertz CT molecular complexity index is 992. The number of rotatable bonds is 5. The molecule has 0 spiro atoms. The minimum atomic E-state index is -0.465. The number of carbonyl (C=O) groups excluding carboxylic acids is 1. The van der Waals surface area contributed by atoms with Gasteiger partial charge < -0.3 is 4.42 Å². The van der Waals surface area contributed by atoms with E-state index in [4.69, 9.17) is 4.42 Å². The van der Waals surface area contributed by atoms with Crippen molar-refractivity contribution < 1.29 is 14.1 Å². The number of hydrogen-bond donors (Lipinski definition) is 1. The number of aryl methyl sites for hydroxylation is 1. The van der Waals surface area contributed by atoms with Crippen LogP contribution in [0.15, 0.2) is 70.2 Å². The molecule has 0 aliphatic rings. The summed E-state index contributed by atoms with van der Waals surface area (Å²) >= 11 is 0. The largest absolute Gasteiger partial charge is 0.455 e. The molecule has 130 valence electrons. The topological polar surface area (TPSA) is 97.7 Å². The highest BCUT2D eigenvalue weighted by atomic mass is 16.6. The van der Waals surface area contributed by atoms with Gasteiger partial charge in [0.15, 0.2) is 0 Å². The number of nitrogens with zero attached hydrogens (tertiary/aromatic N) is 2. The molecule has 2 aromatic carbocycles. The van der Waals surface area contributed by atoms with Crippen molar-refractivity contribution in [2.45, 2.75) is 6.92 Å². The molecule has 7 nitrogen and oxygen atoms in total. The lowest BCUT2D eigenvalue weighted by Gasteiger charge is -2.00. The van der Waals surface area contributed by atoms with E-state index in [2.05, 4.69) is 10.5 Å². The summed E-state index contributed by atoms with van der Waals surface area (Å²) in [5, 5.41) is 15.0. The van der Waals surface area contributed by atoms with E-state index in [9.17, 15) is 14.9 Å². The highest BCUT2D eigenvalue weighted by Gasteiger charge is 2.16. The maximum Gasteiger partial charge on any atom is 0.280 e. The van der Waals surface area contributed by atoms with Crippen LogP contribution in [0.3, 0.4) is 0 Å². The predicted molar refractivity (Wildman–Crippen MR) is 97.0 cm³/mol. The lowest BCUT2D eigenvalue weighted by molar-refractivity contribution is -0.384. The summed E-state index contributed by atoms with van der Waals surface area (Å²) < 4.78 is 5.56. The van der Waals surface area contributed by atoms with Crippen LogP contribution in [0, 0.1) is 17.0 Å². The Morgan fingerprint density at radius 3 is 2.73 bits per heavy atom. The van der Waals surface area contributed by atoms with Crippen LogP contribution < -0.4 is 5.43 Å². The molecule has 0 aliphatic carbocycles. The second-order valence-corrected chi connectivity index (χ2v) is 5.54. The molecular formula is C19H15N3O4. The van der Waals surface area contributed by atoms with Gasteiger partial charge in [0.2, 0.25) is 0 Å². The summed E-state index contributed by atoms with van der Waals surface area (Å²) in [6.45, 7) is 1.90. The Morgan fingerprint density at radius 2 is 1.96 bits per heavy atom. The second kappa shape index (κ2) is 7.43. The Hall–Kier alpha value is -3.74. The van der Waals surface area contributed by atoms with E-state index in [-0.39, 0.29) is 11.6 Å². The van der Waals surface area contributed by atoms with Gasteiger partial charge in [0, 0.05) is 11.6 Å². The molecule has 0 atom stereocenters. The van der Waals surface area contributed by atoms with Crippen molar-refractivity contribution in [3.05, 3.63) is 87.7 Å². The third-order valence-electron chi connectivity index (χ3n) is 3.63. The average molecular weight is 349 g/mol. The van der Waals surface area contributed by atoms with Crippen LogP contribution in [-0.2, 0) is 0 Å². The van der Waals surface area contributed by atoms with E-state index >= 15 is 0 Å². The fourth-order valence-corrected chi connectivity index (χ4v) is 2.41. The molecule has 0 aliphatic heterocycles. The van der Waals surface area contributed by atoms with Gasteiger partial charge >= 0.3 is 0 Å². The van der Waals surface area contributed by atoms with Crippen LogP contribution in [0.25, 0.3) is 11.3 Å². The number of benzene rings is 2. The molecule has 7 heteroatoms. The standard InChI is InChI=1S/C19H15N3O4/c1-13-5-4-6-14(11-13)19(23)21-20-12-15-9-10-18(26-15)16-7-2-3-8-17(16)22(24)25/h2-12H,1H3,(H,21,23)/b20-12+. The van der Waals surface area contributed by atoms with Crippen molar-refractivity contribution in [3.8, 4) is 11.3 Å². The van der Waals surface area contributed by atoms with Crippen molar-refractivity contribution in [1.29, 1.82) is 0 Å². The molecule has 3 rings (SSSR count). The van der Waals surface area contributed by atoms with Crippen molar-refractivity contribution >= 4 is 17.8 Å². The lowest BCUT2D eigenvalue weighted by Crippen LogP contribution is -2.17. The Morgan fingerprint density at radius 1 is 1.15 bits per heavy atom.